The Kier molecular flexibility index (Phi) is 4.20. The van der Waals surface area contributed by atoms with Crippen LogP contribution in [-0.4, -0.2) is 18.2 Å². The molecule has 1 aliphatic heterocycles. The highest BCUT2D eigenvalue weighted by atomic mass is 16.5. The van der Waals surface area contributed by atoms with Gasteiger partial charge in [-0.2, -0.15) is 0 Å². The van der Waals surface area contributed by atoms with Gasteiger partial charge in [0.15, 0.2) is 0 Å². The van der Waals surface area contributed by atoms with Crippen LogP contribution in [0.1, 0.15) is 46.5 Å². The zero-order valence-corrected chi connectivity index (χ0v) is 9.12. The van der Waals surface area contributed by atoms with E-state index >= 15 is 0 Å². The molecule has 2 nitrogen and oxygen atoms in total. The Hall–Kier alpha value is -0.0800. The Bertz CT molecular complexity index is 145. The Morgan fingerprint density at radius 2 is 1.92 bits per heavy atom. The summed E-state index contributed by atoms with van der Waals surface area (Å²) in [6.07, 6.45) is 5.42. The summed E-state index contributed by atoms with van der Waals surface area (Å²) < 4.78 is 5.78. The molecule has 0 amide bonds. The van der Waals surface area contributed by atoms with E-state index < -0.39 is 0 Å². The van der Waals surface area contributed by atoms with Gasteiger partial charge in [-0.1, -0.05) is 26.7 Å². The van der Waals surface area contributed by atoms with Crippen LogP contribution in [0.4, 0.5) is 0 Å². The molecule has 3 atom stereocenters. The first kappa shape index (κ1) is 11.0. The van der Waals surface area contributed by atoms with Crippen LogP contribution in [-0.2, 0) is 4.74 Å². The summed E-state index contributed by atoms with van der Waals surface area (Å²) in [6, 6.07) is 0.250. The minimum absolute atomic E-state index is 0.250. The number of rotatable bonds is 4. The van der Waals surface area contributed by atoms with E-state index in [9.17, 15) is 0 Å². The number of ether oxygens (including phenoxy) is 1. The summed E-state index contributed by atoms with van der Waals surface area (Å²) in [4.78, 5) is 0. The first-order valence-electron chi connectivity index (χ1n) is 5.60. The predicted octanol–water partition coefficient (Wildman–Crippen LogP) is 2.32. The molecule has 0 aromatic rings. The maximum absolute atomic E-state index is 6.18. The van der Waals surface area contributed by atoms with Crippen LogP contribution in [0.5, 0.6) is 0 Å². The molecule has 78 valence electrons. The first-order valence-corrected chi connectivity index (χ1v) is 5.60. The fraction of sp³-hybridized carbons (Fsp3) is 1.00. The third kappa shape index (κ3) is 2.68. The van der Waals surface area contributed by atoms with Crippen LogP contribution < -0.4 is 5.73 Å². The van der Waals surface area contributed by atoms with Gasteiger partial charge in [0.05, 0.1) is 12.2 Å². The molecule has 2 heteroatoms. The molecule has 0 spiro atoms. The number of hydrogen-bond donors (Lipinski definition) is 1. The summed E-state index contributed by atoms with van der Waals surface area (Å²) in [6.45, 7) is 6.57. The van der Waals surface area contributed by atoms with Crippen LogP contribution in [0.3, 0.4) is 0 Å². The standard InChI is InChI=1S/C11H23NO/c1-4-9(5-2)11(12)10-7-6-8(3)13-10/h8-11H,4-7,12H2,1-3H3. The van der Waals surface area contributed by atoms with E-state index in [-0.39, 0.29) is 6.04 Å². The van der Waals surface area contributed by atoms with Gasteiger partial charge in [-0.05, 0) is 25.7 Å². The van der Waals surface area contributed by atoms with Crippen molar-refractivity contribution >= 4 is 0 Å². The van der Waals surface area contributed by atoms with Crippen molar-refractivity contribution in [3.05, 3.63) is 0 Å². The Balaban J connectivity index is 2.41. The summed E-state index contributed by atoms with van der Waals surface area (Å²) in [5.74, 6) is 0.635. The number of hydrogen-bond acceptors (Lipinski definition) is 2. The third-order valence-electron chi connectivity index (χ3n) is 3.29. The highest BCUT2D eigenvalue weighted by Gasteiger charge is 2.30. The van der Waals surface area contributed by atoms with Crippen LogP contribution in [0, 0.1) is 5.92 Å². The topological polar surface area (TPSA) is 35.2 Å². The van der Waals surface area contributed by atoms with Crippen molar-refractivity contribution in [1.29, 1.82) is 0 Å². The molecule has 0 bridgehead atoms. The molecule has 0 aromatic carbocycles. The fourth-order valence-corrected chi connectivity index (χ4v) is 2.25. The molecule has 2 N–H and O–H groups in total. The van der Waals surface area contributed by atoms with Crippen molar-refractivity contribution in [3.8, 4) is 0 Å². The lowest BCUT2D eigenvalue weighted by molar-refractivity contribution is 0.0264. The molecule has 0 saturated carbocycles. The smallest absolute Gasteiger partial charge is 0.0733 e. The second-order valence-corrected chi connectivity index (χ2v) is 4.22. The average molecular weight is 185 g/mol. The second-order valence-electron chi connectivity index (χ2n) is 4.22. The molecule has 1 aliphatic rings. The maximum Gasteiger partial charge on any atom is 0.0733 e. The van der Waals surface area contributed by atoms with Crippen molar-refractivity contribution in [3.63, 3.8) is 0 Å². The van der Waals surface area contributed by atoms with Crippen LogP contribution in [0.15, 0.2) is 0 Å². The summed E-state index contributed by atoms with van der Waals surface area (Å²) in [5.41, 5.74) is 6.18. The molecular formula is C11H23NO. The zero-order chi connectivity index (χ0) is 9.84. The van der Waals surface area contributed by atoms with Crippen molar-refractivity contribution in [2.24, 2.45) is 11.7 Å². The third-order valence-corrected chi connectivity index (χ3v) is 3.29. The van der Waals surface area contributed by atoms with Crippen molar-refractivity contribution in [2.75, 3.05) is 0 Å². The lowest BCUT2D eigenvalue weighted by atomic mass is 9.90. The summed E-state index contributed by atoms with van der Waals surface area (Å²) in [5, 5.41) is 0. The Morgan fingerprint density at radius 3 is 2.31 bits per heavy atom. The van der Waals surface area contributed by atoms with Gasteiger partial charge in [0, 0.05) is 6.04 Å². The summed E-state index contributed by atoms with van der Waals surface area (Å²) in [7, 11) is 0. The van der Waals surface area contributed by atoms with Crippen LogP contribution in [0.25, 0.3) is 0 Å². The Morgan fingerprint density at radius 1 is 1.31 bits per heavy atom. The zero-order valence-electron chi connectivity index (χ0n) is 9.12. The average Bonchev–Trinajstić information content (AvgIpc) is 2.54. The fourth-order valence-electron chi connectivity index (χ4n) is 2.25. The van der Waals surface area contributed by atoms with Crippen molar-refractivity contribution in [1.82, 2.24) is 0 Å². The molecule has 0 radical (unpaired) electrons. The van der Waals surface area contributed by atoms with Gasteiger partial charge >= 0.3 is 0 Å². The SMILES string of the molecule is CCC(CC)C(N)C1CCC(C)O1. The van der Waals surface area contributed by atoms with E-state index in [0.717, 1.165) is 6.42 Å². The molecule has 0 aromatic heterocycles. The highest BCUT2D eigenvalue weighted by molar-refractivity contribution is 4.84. The van der Waals surface area contributed by atoms with Crippen LogP contribution >= 0.6 is 0 Å². The number of nitrogens with two attached hydrogens (primary N) is 1. The van der Waals surface area contributed by atoms with Gasteiger partial charge in [-0.25, -0.2) is 0 Å². The molecular weight excluding hydrogens is 162 g/mol. The quantitative estimate of drug-likeness (QED) is 0.729. The normalized spacial score (nSPS) is 31.2. The van der Waals surface area contributed by atoms with E-state index in [1.807, 2.05) is 0 Å². The monoisotopic (exact) mass is 185 g/mol. The highest BCUT2D eigenvalue weighted by Crippen LogP contribution is 2.26. The molecule has 1 heterocycles. The van der Waals surface area contributed by atoms with Gasteiger partial charge in [0.25, 0.3) is 0 Å². The molecule has 1 fully saturated rings. The molecule has 0 aliphatic carbocycles. The molecule has 1 saturated heterocycles. The van der Waals surface area contributed by atoms with Gasteiger partial charge in [-0.15, -0.1) is 0 Å². The van der Waals surface area contributed by atoms with Gasteiger partial charge < -0.3 is 10.5 Å². The predicted molar refractivity (Wildman–Crippen MR) is 55.6 cm³/mol. The molecule has 1 rings (SSSR count). The minimum Gasteiger partial charge on any atom is -0.374 e. The van der Waals surface area contributed by atoms with Gasteiger partial charge in [0.2, 0.25) is 0 Å². The van der Waals surface area contributed by atoms with E-state index in [1.54, 1.807) is 0 Å². The van der Waals surface area contributed by atoms with Crippen molar-refractivity contribution < 1.29 is 4.74 Å². The van der Waals surface area contributed by atoms with E-state index in [0.29, 0.717) is 18.1 Å². The van der Waals surface area contributed by atoms with Crippen molar-refractivity contribution in [2.45, 2.75) is 64.7 Å². The molecule has 3 unspecified atom stereocenters. The lowest BCUT2D eigenvalue weighted by Crippen LogP contribution is -2.40. The van der Waals surface area contributed by atoms with E-state index in [1.165, 1.54) is 19.3 Å². The lowest BCUT2D eigenvalue weighted by Gasteiger charge is -2.26. The maximum atomic E-state index is 6.18. The Labute approximate surface area is 81.8 Å². The molecule has 13 heavy (non-hydrogen) atoms. The first-order chi connectivity index (χ1) is 6.19. The van der Waals surface area contributed by atoms with E-state index in [2.05, 4.69) is 20.8 Å². The van der Waals surface area contributed by atoms with Crippen LogP contribution in [0.2, 0.25) is 0 Å². The van der Waals surface area contributed by atoms with E-state index in [4.69, 9.17) is 10.5 Å². The summed E-state index contributed by atoms with van der Waals surface area (Å²) >= 11 is 0. The van der Waals surface area contributed by atoms with Gasteiger partial charge in [-0.3, -0.25) is 0 Å². The second kappa shape index (κ2) is 4.97. The van der Waals surface area contributed by atoms with Gasteiger partial charge in [0.1, 0.15) is 0 Å². The minimum atomic E-state index is 0.250. The largest absolute Gasteiger partial charge is 0.374 e.